The van der Waals surface area contributed by atoms with E-state index in [0.29, 0.717) is 29.3 Å². The maximum Gasteiger partial charge on any atom is 0.129 e. The van der Waals surface area contributed by atoms with E-state index in [4.69, 9.17) is 22.1 Å². The summed E-state index contributed by atoms with van der Waals surface area (Å²) in [6, 6.07) is 8.56. The molecule has 106 valence electrons. The zero-order valence-electron chi connectivity index (χ0n) is 10.7. The van der Waals surface area contributed by atoms with E-state index in [0.717, 1.165) is 5.56 Å². The molecule has 2 nitrogen and oxygen atoms in total. The zero-order chi connectivity index (χ0) is 14.5. The van der Waals surface area contributed by atoms with Crippen molar-refractivity contribution in [1.82, 2.24) is 0 Å². The first-order chi connectivity index (χ1) is 9.58. The Morgan fingerprint density at radius 1 is 1.10 bits per heavy atom. The van der Waals surface area contributed by atoms with E-state index in [9.17, 15) is 8.78 Å². The fraction of sp³-hybridized carbons (Fsp3) is 0.200. The standard InChI is InChI=1S/C15H14ClF2NO/c16-12-1-2-15(18)11(7-12)9-20-14-6-10(3-4-19)5-13(17)8-14/h1-2,5-8H,3-4,9,19H2. The Hall–Kier alpha value is -1.65. The Morgan fingerprint density at radius 3 is 2.65 bits per heavy atom. The number of hydrogen-bond acceptors (Lipinski definition) is 2. The Bertz CT molecular complexity index is 604. The van der Waals surface area contributed by atoms with Crippen molar-refractivity contribution in [3.8, 4) is 5.75 Å². The lowest BCUT2D eigenvalue weighted by Gasteiger charge is -2.09. The number of hydrogen-bond donors (Lipinski definition) is 1. The third-order valence-electron chi connectivity index (χ3n) is 2.77. The van der Waals surface area contributed by atoms with Crippen molar-refractivity contribution in [2.45, 2.75) is 13.0 Å². The molecule has 0 aliphatic rings. The molecule has 0 spiro atoms. The van der Waals surface area contributed by atoms with Crippen LogP contribution in [0.5, 0.6) is 5.75 Å². The molecule has 0 atom stereocenters. The average Bonchev–Trinajstić information content (AvgIpc) is 2.40. The molecular weight excluding hydrogens is 284 g/mol. The Balaban J connectivity index is 2.12. The van der Waals surface area contributed by atoms with Gasteiger partial charge >= 0.3 is 0 Å². The quantitative estimate of drug-likeness (QED) is 0.913. The number of nitrogens with two attached hydrogens (primary N) is 1. The van der Waals surface area contributed by atoms with Crippen LogP contribution in [-0.4, -0.2) is 6.54 Å². The average molecular weight is 298 g/mol. The van der Waals surface area contributed by atoms with Crippen LogP contribution in [0.25, 0.3) is 0 Å². The maximum atomic E-state index is 13.5. The van der Waals surface area contributed by atoms with Crippen LogP contribution in [0.2, 0.25) is 5.02 Å². The van der Waals surface area contributed by atoms with Crippen molar-refractivity contribution in [2.75, 3.05) is 6.54 Å². The molecule has 0 aliphatic carbocycles. The first-order valence-electron chi connectivity index (χ1n) is 6.15. The second-order valence-corrected chi connectivity index (χ2v) is 4.79. The van der Waals surface area contributed by atoms with Gasteiger partial charge in [-0.3, -0.25) is 0 Å². The van der Waals surface area contributed by atoms with E-state index in [1.54, 1.807) is 6.07 Å². The molecule has 0 saturated heterocycles. The van der Waals surface area contributed by atoms with Crippen LogP contribution in [0.4, 0.5) is 8.78 Å². The van der Waals surface area contributed by atoms with E-state index in [2.05, 4.69) is 0 Å². The third-order valence-corrected chi connectivity index (χ3v) is 3.00. The van der Waals surface area contributed by atoms with Gasteiger partial charge in [-0.25, -0.2) is 8.78 Å². The predicted molar refractivity (Wildman–Crippen MR) is 74.9 cm³/mol. The van der Waals surface area contributed by atoms with E-state index >= 15 is 0 Å². The van der Waals surface area contributed by atoms with Gasteiger partial charge in [-0.1, -0.05) is 11.6 Å². The van der Waals surface area contributed by atoms with Crippen molar-refractivity contribution in [3.63, 3.8) is 0 Å². The molecule has 0 aliphatic heterocycles. The van der Waals surface area contributed by atoms with Gasteiger partial charge in [0.15, 0.2) is 0 Å². The summed E-state index contributed by atoms with van der Waals surface area (Å²) in [5.41, 5.74) is 6.50. The topological polar surface area (TPSA) is 35.2 Å². The molecule has 0 saturated carbocycles. The lowest BCUT2D eigenvalue weighted by molar-refractivity contribution is 0.298. The van der Waals surface area contributed by atoms with Crippen LogP contribution in [0.3, 0.4) is 0 Å². The fourth-order valence-corrected chi connectivity index (χ4v) is 2.02. The fourth-order valence-electron chi connectivity index (χ4n) is 1.83. The molecule has 20 heavy (non-hydrogen) atoms. The van der Waals surface area contributed by atoms with Gasteiger partial charge < -0.3 is 10.5 Å². The minimum atomic E-state index is -0.409. The first-order valence-corrected chi connectivity index (χ1v) is 6.52. The minimum absolute atomic E-state index is 0.0160. The van der Waals surface area contributed by atoms with Gasteiger partial charge in [0.05, 0.1) is 0 Å². The van der Waals surface area contributed by atoms with Gasteiger partial charge in [0, 0.05) is 16.7 Å². The molecule has 2 N–H and O–H groups in total. The van der Waals surface area contributed by atoms with Crippen molar-refractivity contribution >= 4 is 11.6 Å². The molecule has 0 radical (unpaired) electrons. The highest BCUT2D eigenvalue weighted by atomic mass is 35.5. The highest BCUT2D eigenvalue weighted by Crippen LogP contribution is 2.20. The van der Waals surface area contributed by atoms with Crippen LogP contribution in [0.1, 0.15) is 11.1 Å². The maximum absolute atomic E-state index is 13.5. The van der Waals surface area contributed by atoms with Crippen LogP contribution in [-0.2, 0) is 13.0 Å². The van der Waals surface area contributed by atoms with Crippen LogP contribution in [0.15, 0.2) is 36.4 Å². The van der Waals surface area contributed by atoms with Crippen molar-refractivity contribution in [1.29, 1.82) is 0 Å². The van der Waals surface area contributed by atoms with Crippen molar-refractivity contribution < 1.29 is 13.5 Å². The van der Waals surface area contributed by atoms with Crippen molar-refractivity contribution in [2.24, 2.45) is 5.73 Å². The smallest absolute Gasteiger partial charge is 0.129 e. The van der Waals surface area contributed by atoms with Crippen LogP contribution >= 0.6 is 11.6 Å². The predicted octanol–water partition coefficient (Wildman–Crippen LogP) is 3.70. The molecule has 0 fully saturated rings. The van der Waals surface area contributed by atoms with E-state index in [-0.39, 0.29) is 6.61 Å². The lowest BCUT2D eigenvalue weighted by Crippen LogP contribution is -2.04. The molecule has 0 unspecified atom stereocenters. The molecule has 2 aromatic rings. The highest BCUT2D eigenvalue weighted by Gasteiger charge is 2.06. The Morgan fingerprint density at radius 2 is 1.90 bits per heavy atom. The molecule has 0 aromatic heterocycles. The summed E-state index contributed by atoms with van der Waals surface area (Å²) in [5.74, 6) is -0.474. The third kappa shape index (κ3) is 3.92. The van der Waals surface area contributed by atoms with Gasteiger partial charge in [-0.15, -0.1) is 0 Å². The zero-order valence-corrected chi connectivity index (χ0v) is 11.5. The summed E-state index contributed by atoms with van der Waals surface area (Å²) >= 11 is 5.79. The Labute approximate surface area is 121 Å². The second kappa shape index (κ2) is 6.68. The summed E-state index contributed by atoms with van der Waals surface area (Å²) < 4.78 is 32.3. The van der Waals surface area contributed by atoms with Gasteiger partial charge in [0.25, 0.3) is 0 Å². The van der Waals surface area contributed by atoms with Crippen molar-refractivity contribution in [3.05, 3.63) is 64.2 Å². The normalized spacial score (nSPS) is 10.6. The lowest BCUT2D eigenvalue weighted by atomic mass is 10.1. The summed E-state index contributed by atoms with van der Waals surface area (Å²) in [4.78, 5) is 0. The minimum Gasteiger partial charge on any atom is -0.489 e. The number of ether oxygens (including phenoxy) is 1. The summed E-state index contributed by atoms with van der Waals surface area (Å²) in [6.07, 6.45) is 0.555. The number of halogens is 3. The number of benzene rings is 2. The molecule has 2 aromatic carbocycles. The Kier molecular flexibility index (Phi) is 4.93. The molecule has 5 heteroatoms. The SMILES string of the molecule is NCCc1cc(F)cc(OCc2cc(Cl)ccc2F)c1. The first kappa shape index (κ1) is 14.8. The molecule has 0 bridgehead atoms. The van der Waals surface area contributed by atoms with E-state index < -0.39 is 11.6 Å². The largest absolute Gasteiger partial charge is 0.489 e. The highest BCUT2D eigenvalue weighted by molar-refractivity contribution is 6.30. The molecule has 0 amide bonds. The van der Waals surface area contributed by atoms with Gasteiger partial charge in [0.2, 0.25) is 0 Å². The monoisotopic (exact) mass is 297 g/mol. The number of rotatable bonds is 5. The van der Waals surface area contributed by atoms with Crippen LogP contribution < -0.4 is 10.5 Å². The van der Waals surface area contributed by atoms with Gasteiger partial charge in [-0.2, -0.15) is 0 Å². The molecule has 0 heterocycles. The summed E-state index contributed by atoms with van der Waals surface area (Å²) in [7, 11) is 0. The molecular formula is C15H14ClF2NO. The van der Waals surface area contributed by atoms with E-state index in [1.165, 1.54) is 30.3 Å². The van der Waals surface area contributed by atoms with Gasteiger partial charge in [-0.05, 0) is 48.9 Å². The van der Waals surface area contributed by atoms with Gasteiger partial charge in [0.1, 0.15) is 24.0 Å². The second-order valence-electron chi connectivity index (χ2n) is 4.36. The summed E-state index contributed by atoms with van der Waals surface area (Å²) in [6.45, 7) is 0.406. The molecule has 2 rings (SSSR count). The van der Waals surface area contributed by atoms with Crippen LogP contribution in [0, 0.1) is 11.6 Å². The summed E-state index contributed by atoms with van der Waals surface area (Å²) in [5, 5.41) is 0.424. The van der Waals surface area contributed by atoms with E-state index in [1.807, 2.05) is 0 Å².